The topological polar surface area (TPSA) is 76.2 Å². The monoisotopic (exact) mass is 502 g/mol. The number of benzene rings is 3. The van der Waals surface area contributed by atoms with E-state index < -0.39 is 10.0 Å². The SMILES string of the molecule is COc1ccc(CN(C)C(=O)CN(c2cccc(Cl)c2C)S(=O)(=O)c2ccccc2)cc1OC. The van der Waals surface area contributed by atoms with E-state index in [4.69, 9.17) is 21.1 Å². The minimum Gasteiger partial charge on any atom is -0.493 e. The Balaban J connectivity index is 1.92. The molecule has 3 aromatic carbocycles. The smallest absolute Gasteiger partial charge is 0.264 e. The molecule has 0 atom stereocenters. The van der Waals surface area contributed by atoms with Crippen molar-refractivity contribution in [3.05, 3.63) is 82.9 Å². The lowest BCUT2D eigenvalue weighted by atomic mass is 10.2. The first-order valence-corrected chi connectivity index (χ1v) is 12.3. The van der Waals surface area contributed by atoms with Crippen LogP contribution < -0.4 is 13.8 Å². The van der Waals surface area contributed by atoms with Crippen LogP contribution in [0.3, 0.4) is 0 Å². The molecule has 9 heteroatoms. The molecule has 0 aromatic heterocycles. The van der Waals surface area contributed by atoms with Crippen LogP contribution in [0, 0.1) is 6.92 Å². The lowest BCUT2D eigenvalue weighted by Gasteiger charge is -2.28. The fourth-order valence-corrected chi connectivity index (χ4v) is 5.13. The zero-order chi connectivity index (χ0) is 24.9. The van der Waals surface area contributed by atoms with Crippen LogP contribution in [0.15, 0.2) is 71.6 Å². The lowest BCUT2D eigenvalue weighted by molar-refractivity contribution is -0.128. The van der Waals surface area contributed by atoms with Crippen LogP contribution >= 0.6 is 11.6 Å². The van der Waals surface area contributed by atoms with Crippen molar-refractivity contribution >= 4 is 33.2 Å². The Morgan fingerprint density at radius 1 is 0.941 bits per heavy atom. The van der Waals surface area contributed by atoms with Crippen LogP contribution in [0.4, 0.5) is 5.69 Å². The van der Waals surface area contributed by atoms with E-state index in [1.165, 1.54) is 24.1 Å². The highest BCUT2D eigenvalue weighted by Gasteiger charge is 2.29. The Kier molecular flexibility index (Phi) is 8.06. The molecule has 1 amide bonds. The van der Waals surface area contributed by atoms with Crippen LogP contribution in [0.25, 0.3) is 0 Å². The number of likely N-dealkylation sites (N-methyl/N-ethyl adjacent to an activating group) is 1. The summed E-state index contributed by atoms with van der Waals surface area (Å²) in [5, 5.41) is 0.414. The van der Waals surface area contributed by atoms with E-state index in [0.717, 1.165) is 9.87 Å². The normalized spacial score (nSPS) is 11.1. The van der Waals surface area contributed by atoms with Gasteiger partial charge in [-0.15, -0.1) is 0 Å². The molecule has 0 heterocycles. The summed E-state index contributed by atoms with van der Waals surface area (Å²) in [7, 11) is 0.685. The molecule has 0 aliphatic carbocycles. The molecule has 7 nitrogen and oxygen atoms in total. The molecule has 0 spiro atoms. The van der Waals surface area contributed by atoms with Gasteiger partial charge >= 0.3 is 0 Å². The van der Waals surface area contributed by atoms with Crippen LogP contribution in [0.5, 0.6) is 11.5 Å². The zero-order valence-electron chi connectivity index (χ0n) is 19.5. The number of rotatable bonds is 9. The molecule has 0 saturated carbocycles. The Morgan fingerprint density at radius 3 is 2.26 bits per heavy atom. The van der Waals surface area contributed by atoms with E-state index in [-0.39, 0.29) is 23.9 Å². The van der Waals surface area contributed by atoms with E-state index in [0.29, 0.717) is 27.8 Å². The van der Waals surface area contributed by atoms with Gasteiger partial charge in [-0.05, 0) is 54.4 Å². The number of ether oxygens (including phenoxy) is 2. The predicted octanol–water partition coefficient (Wildman–Crippen LogP) is 4.52. The molecular weight excluding hydrogens is 476 g/mol. The molecule has 3 aromatic rings. The fourth-order valence-electron chi connectivity index (χ4n) is 3.47. The van der Waals surface area contributed by atoms with Gasteiger partial charge in [-0.3, -0.25) is 9.10 Å². The van der Waals surface area contributed by atoms with Crippen molar-refractivity contribution in [3.8, 4) is 11.5 Å². The molecule has 0 radical (unpaired) electrons. The van der Waals surface area contributed by atoms with Crippen LogP contribution in [0.1, 0.15) is 11.1 Å². The summed E-state index contributed by atoms with van der Waals surface area (Å²) in [5.41, 5.74) is 1.73. The van der Waals surface area contributed by atoms with Gasteiger partial charge < -0.3 is 14.4 Å². The molecule has 0 aliphatic heterocycles. The van der Waals surface area contributed by atoms with E-state index in [2.05, 4.69) is 0 Å². The van der Waals surface area contributed by atoms with E-state index in [1.807, 2.05) is 6.07 Å². The molecule has 0 fully saturated rings. The third-order valence-electron chi connectivity index (χ3n) is 5.41. The van der Waals surface area contributed by atoms with Gasteiger partial charge in [0, 0.05) is 18.6 Å². The zero-order valence-corrected chi connectivity index (χ0v) is 21.1. The standard InChI is InChI=1S/C25H27ClN2O5S/c1-18-21(26)11-8-12-22(18)28(34(30,31)20-9-6-5-7-10-20)17-25(29)27(2)16-19-13-14-23(32-3)24(15-19)33-4/h5-15H,16-17H2,1-4H3. The first-order valence-electron chi connectivity index (χ1n) is 10.5. The van der Waals surface area contributed by atoms with Gasteiger partial charge in [0.25, 0.3) is 10.0 Å². The summed E-state index contributed by atoms with van der Waals surface area (Å²) in [6.07, 6.45) is 0. The largest absolute Gasteiger partial charge is 0.493 e. The first-order chi connectivity index (χ1) is 16.2. The number of hydrogen-bond acceptors (Lipinski definition) is 5. The number of amides is 1. The van der Waals surface area contributed by atoms with Gasteiger partial charge in [-0.1, -0.05) is 41.9 Å². The Morgan fingerprint density at radius 2 is 1.62 bits per heavy atom. The van der Waals surface area contributed by atoms with Gasteiger partial charge in [0.05, 0.1) is 24.8 Å². The minimum absolute atomic E-state index is 0.0877. The highest BCUT2D eigenvalue weighted by Crippen LogP contribution is 2.31. The van der Waals surface area contributed by atoms with Crippen molar-refractivity contribution in [2.45, 2.75) is 18.4 Å². The molecular formula is C25H27ClN2O5S. The second-order valence-electron chi connectivity index (χ2n) is 7.65. The van der Waals surface area contributed by atoms with Gasteiger partial charge in [0.2, 0.25) is 5.91 Å². The summed E-state index contributed by atoms with van der Waals surface area (Å²) in [6.45, 7) is 1.60. The van der Waals surface area contributed by atoms with Crippen molar-refractivity contribution in [1.29, 1.82) is 0 Å². The molecule has 0 aliphatic rings. The second-order valence-corrected chi connectivity index (χ2v) is 9.92. The summed E-state index contributed by atoms with van der Waals surface area (Å²) in [5.74, 6) is 0.745. The first kappa shape index (κ1) is 25.4. The van der Waals surface area contributed by atoms with Gasteiger partial charge in [0.1, 0.15) is 6.54 Å². The number of anilines is 1. The van der Waals surface area contributed by atoms with E-state index >= 15 is 0 Å². The van der Waals surface area contributed by atoms with Gasteiger partial charge in [-0.2, -0.15) is 0 Å². The number of sulfonamides is 1. The second kappa shape index (κ2) is 10.8. The number of methoxy groups -OCH3 is 2. The number of hydrogen-bond donors (Lipinski definition) is 0. The Bertz CT molecular complexity index is 1270. The van der Waals surface area contributed by atoms with E-state index in [9.17, 15) is 13.2 Å². The minimum atomic E-state index is -4.02. The quantitative estimate of drug-likeness (QED) is 0.430. The van der Waals surface area contributed by atoms with Crippen molar-refractivity contribution in [2.24, 2.45) is 0 Å². The van der Waals surface area contributed by atoms with Crippen molar-refractivity contribution in [3.63, 3.8) is 0 Å². The summed E-state index contributed by atoms with van der Waals surface area (Å²) in [4.78, 5) is 14.8. The molecule has 3 rings (SSSR count). The molecule has 34 heavy (non-hydrogen) atoms. The average molecular weight is 503 g/mol. The van der Waals surface area contributed by atoms with Crippen LogP contribution in [-0.4, -0.2) is 47.0 Å². The summed E-state index contributed by atoms with van der Waals surface area (Å²) >= 11 is 6.27. The third-order valence-corrected chi connectivity index (χ3v) is 7.59. The highest BCUT2D eigenvalue weighted by molar-refractivity contribution is 7.92. The molecule has 0 bridgehead atoms. The Labute approximate surface area is 205 Å². The third kappa shape index (κ3) is 5.46. The fraction of sp³-hybridized carbons (Fsp3) is 0.240. The van der Waals surface area contributed by atoms with Crippen LogP contribution in [0.2, 0.25) is 5.02 Å². The average Bonchev–Trinajstić information content (AvgIpc) is 2.84. The van der Waals surface area contributed by atoms with Gasteiger partial charge in [-0.25, -0.2) is 8.42 Å². The molecule has 0 saturated heterocycles. The lowest BCUT2D eigenvalue weighted by Crippen LogP contribution is -2.41. The number of carbonyl (C=O) groups excluding carboxylic acids is 1. The van der Waals surface area contributed by atoms with Crippen LogP contribution in [-0.2, 0) is 21.4 Å². The van der Waals surface area contributed by atoms with Crippen molar-refractivity contribution in [1.82, 2.24) is 4.90 Å². The number of halogens is 1. The maximum Gasteiger partial charge on any atom is 0.264 e. The van der Waals surface area contributed by atoms with E-state index in [1.54, 1.807) is 69.6 Å². The molecule has 180 valence electrons. The van der Waals surface area contributed by atoms with Crippen molar-refractivity contribution < 1.29 is 22.7 Å². The van der Waals surface area contributed by atoms with Crippen molar-refractivity contribution in [2.75, 3.05) is 32.1 Å². The Hall–Kier alpha value is -3.23. The van der Waals surface area contributed by atoms with Gasteiger partial charge in [0.15, 0.2) is 11.5 Å². The molecule has 0 N–H and O–H groups in total. The summed E-state index contributed by atoms with van der Waals surface area (Å²) in [6, 6.07) is 18.4. The highest BCUT2D eigenvalue weighted by atomic mass is 35.5. The number of nitrogens with zero attached hydrogens (tertiary/aromatic N) is 2. The predicted molar refractivity (Wildman–Crippen MR) is 133 cm³/mol. The molecule has 0 unspecified atom stereocenters. The maximum atomic E-state index is 13.5. The number of carbonyl (C=O) groups is 1. The summed E-state index contributed by atoms with van der Waals surface area (Å²) < 4.78 is 38.8. The maximum absolute atomic E-state index is 13.5.